The van der Waals surface area contributed by atoms with Crippen LogP contribution in [0.3, 0.4) is 0 Å². The molecule has 0 bridgehead atoms. The summed E-state index contributed by atoms with van der Waals surface area (Å²) in [7, 11) is 0. The minimum atomic E-state index is -0.312. The first kappa shape index (κ1) is 6.01. The van der Waals surface area contributed by atoms with Gasteiger partial charge in [0.05, 0.1) is 0 Å². The molecule has 0 saturated heterocycles. The largest absolute Gasteiger partial charge is 0.495 e. The van der Waals surface area contributed by atoms with Gasteiger partial charge in [-0.25, -0.2) is 0 Å². The molecule has 0 radical (unpaired) electrons. The fourth-order valence-electron chi connectivity index (χ4n) is 0.222. The third-order valence-corrected chi connectivity index (χ3v) is 0.364. The van der Waals surface area contributed by atoms with Crippen LogP contribution in [-0.2, 0) is 0 Å². The van der Waals surface area contributed by atoms with Gasteiger partial charge < -0.3 is 16.2 Å². The highest BCUT2D eigenvalue weighted by Gasteiger charge is 1.79. The summed E-state index contributed by atoms with van der Waals surface area (Å²) in [6, 6.07) is 0. The first-order valence-electron chi connectivity index (χ1n) is 1.84. The normalized spacial score (nSPS) is 11.3. The molecule has 0 aromatic carbocycles. The quantitative estimate of drug-likeness (QED) is 0.329. The molecule has 0 atom stereocenters. The second-order valence-electron chi connectivity index (χ2n) is 1.25. The van der Waals surface area contributed by atoms with Gasteiger partial charge >= 0.3 is 0 Å². The molecule has 0 aliphatic carbocycles. The van der Waals surface area contributed by atoms with Crippen molar-refractivity contribution in [3.05, 3.63) is 12.0 Å². The molecular weight excluding hydrogens is 92.1 g/mol. The molecule has 0 fully saturated rings. The predicted molar refractivity (Wildman–Crippen MR) is 28.3 cm³/mol. The molecule has 0 aromatic rings. The molecule has 0 aromatic heterocycles. The highest BCUT2D eigenvalue weighted by molar-refractivity contribution is 5.90. The summed E-state index contributed by atoms with van der Waals surface area (Å²) < 4.78 is 0. The summed E-state index contributed by atoms with van der Waals surface area (Å²) in [5.41, 5.74) is 5.02. The summed E-state index contributed by atoms with van der Waals surface area (Å²) in [6.45, 7) is 1.53. The summed E-state index contributed by atoms with van der Waals surface area (Å²) in [5, 5.41) is 14.9. The van der Waals surface area contributed by atoms with Gasteiger partial charge in [-0.1, -0.05) is 0 Å². The van der Waals surface area contributed by atoms with E-state index in [2.05, 4.69) is 0 Å². The van der Waals surface area contributed by atoms with Crippen molar-refractivity contribution in [2.75, 3.05) is 0 Å². The van der Waals surface area contributed by atoms with Gasteiger partial charge in [-0.05, 0) is 6.92 Å². The zero-order valence-electron chi connectivity index (χ0n) is 4.10. The van der Waals surface area contributed by atoms with Crippen LogP contribution in [0, 0.1) is 5.41 Å². The standard InChI is InChI=1S/C4H8N2O/c1-3(5)2-4(6)7/h2,5,7H,6H2,1H3/b4-2-,5-3?. The van der Waals surface area contributed by atoms with Gasteiger partial charge in [0.1, 0.15) is 0 Å². The number of aliphatic hydroxyl groups is 1. The number of rotatable bonds is 1. The highest BCUT2D eigenvalue weighted by atomic mass is 16.3. The Kier molecular flexibility index (Phi) is 1.91. The van der Waals surface area contributed by atoms with Crippen LogP contribution in [0.5, 0.6) is 0 Å². The van der Waals surface area contributed by atoms with Gasteiger partial charge in [-0.2, -0.15) is 0 Å². The van der Waals surface area contributed by atoms with E-state index < -0.39 is 0 Å². The zero-order chi connectivity index (χ0) is 5.86. The van der Waals surface area contributed by atoms with E-state index in [-0.39, 0.29) is 11.6 Å². The van der Waals surface area contributed by atoms with Gasteiger partial charge in [-0.3, -0.25) is 0 Å². The van der Waals surface area contributed by atoms with Crippen molar-refractivity contribution in [1.29, 1.82) is 5.41 Å². The molecule has 0 rings (SSSR count). The smallest absolute Gasteiger partial charge is 0.183 e. The lowest BCUT2D eigenvalue weighted by molar-refractivity contribution is 0.406. The lowest BCUT2D eigenvalue weighted by Crippen LogP contribution is -1.96. The van der Waals surface area contributed by atoms with Crippen molar-refractivity contribution in [3.8, 4) is 0 Å². The van der Waals surface area contributed by atoms with E-state index in [1.807, 2.05) is 0 Å². The Morgan fingerprint density at radius 3 is 2.29 bits per heavy atom. The van der Waals surface area contributed by atoms with Gasteiger partial charge in [-0.15, -0.1) is 0 Å². The molecule has 0 saturated carbocycles. The summed E-state index contributed by atoms with van der Waals surface area (Å²) in [4.78, 5) is 0. The van der Waals surface area contributed by atoms with E-state index in [1.54, 1.807) is 0 Å². The van der Waals surface area contributed by atoms with E-state index in [0.29, 0.717) is 0 Å². The lowest BCUT2D eigenvalue weighted by Gasteiger charge is -1.83. The molecule has 0 aliphatic heterocycles. The Hall–Kier alpha value is -0.990. The molecular formula is C4H8N2O. The maximum atomic E-state index is 8.22. The van der Waals surface area contributed by atoms with E-state index in [0.717, 1.165) is 0 Å². The Bertz CT molecular complexity index is 102. The van der Waals surface area contributed by atoms with Crippen LogP contribution in [0.1, 0.15) is 6.92 Å². The van der Waals surface area contributed by atoms with Crippen molar-refractivity contribution in [1.82, 2.24) is 0 Å². The van der Waals surface area contributed by atoms with Crippen molar-refractivity contribution < 1.29 is 5.11 Å². The van der Waals surface area contributed by atoms with E-state index in [9.17, 15) is 0 Å². The van der Waals surface area contributed by atoms with Crippen LogP contribution in [0.4, 0.5) is 0 Å². The van der Waals surface area contributed by atoms with E-state index >= 15 is 0 Å². The molecule has 0 unspecified atom stereocenters. The third kappa shape index (κ3) is 5.01. The lowest BCUT2D eigenvalue weighted by atomic mass is 10.4. The van der Waals surface area contributed by atoms with Crippen molar-refractivity contribution in [3.63, 3.8) is 0 Å². The maximum Gasteiger partial charge on any atom is 0.183 e. The summed E-state index contributed by atoms with van der Waals surface area (Å²) in [6.07, 6.45) is 1.17. The van der Waals surface area contributed by atoms with Gasteiger partial charge in [0.15, 0.2) is 5.88 Å². The Morgan fingerprint density at radius 2 is 2.29 bits per heavy atom. The fourth-order valence-corrected chi connectivity index (χ4v) is 0.222. The predicted octanol–water partition coefficient (Wildman–Crippen LogP) is 0.384. The van der Waals surface area contributed by atoms with Crippen LogP contribution in [0.25, 0.3) is 0 Å². The Balaban J connectivity index is 3.68. The number of allylic oxidation sites excluding steroid dienone is 1. The number of nitrogens with two attached hydrogens (primary N) is 1. The molecule has 3 heteroatoms. The van der Waals surface area contributed by atoms with Gasteiger partial charge in [0, 0.05) is 11.8 Å². The summed E-state index contributed by atoms with van der Waals surface area (Å²) in [5.74, 6) is -0.312. The minimum Gasteiger partial charge on any atom is -0.495 e. The Labute approximate surface area is 42.0 Å². The maximum absolute atomic E-state index is 8.22. The number of aliphatic hydroxyl groups excluding tert-OH is 1. The first-order chi connectivity index (χ1) is 3.13. The number of hydrogen-bond donors (Lipinski definition) is 3. The summed E-state index contributed by atoms with van der Waals surface area (Å²) >= 11 is 0. The molecule has 0 aliphatic rings. The minimum absolute atomic E-state index is 0.250. The number of hydrogen-bond acceptors (Lipinski definition) is 3. The van der Waals surface area contributed by atoms with Crippen molar-refractivity contribution in [2.45, 2.75) is 6.92 Å². The average molecular weight is 100 g/mol. The van der Waals surface area contributed by atoms with Crippen LogP contribution in [-0.4, -0.2) is 10.8 Å². The van der Waals surface area contributed by atoms with E-state index in [4.69, 9.17) is 16.2 Å². The third-order valence-electron chi connectivity index (χ3n) is 0.364. The van der Waals surface area contributed by atoms with Gasteiger partial charge in [0.25, 0.3) is 0 Å². The second-order valence-corrected chi connectivity index (χ2v) is 1.25. The zero-order valence-corrected chi connectivity index (χ0v) is 4.10. The van der Waals surface area contributed by atoms with Crippen LogP contribution in [0.2, 0.25) is 0 Å². The molecule has 40 valence electrons. The van der Waals surface area contributed by atoms with Crippen molar-refractivity contribution in [2.24, 2.45) is 5.73 Å². The average Bonchev–Trinajstić information content (AvgIpc) is 1.27. The molecule has 3 nitrogen and oxygen atoms in total. The van der Waals surface area contributed by atoms with Crippen LogP contribution < -0.4 is 5.73 Å². The molecule has 4 N–H and O–H groups in total. The highest BCUT2D eigenvalue weighted by Crippen LogP contribution is 1.75. The first-order valence-corrected chi connectivity index (χ1v) is 1.84. The van der Waals surface area contributed by atoms with Crippen LogP contribution >= 0.6 is 0 Å². The Morgan fingerprint density at radius 1 is 1.86 bits per heavy atom. The van der Waals surface area contributed by atoms with Crippen molar-refractivity contribution >= 4 is 5.71 Å². The number of nitrogens with one attached hydrogen (secondary N) is 1. The molecule has 7 heavy (non-hydrogen) atoms. The van der Waals surface area contributed by atoms with Gasteiger partial charge in [0.2, 0.25) is 0 Å². The van der Waals surface area contributed by atoms with E-state index in [1.165, 1.54) is 13.0 Å². The molecule has 0 spiro atoms. The van der Waals surface area contributed by atoms with Crippen LogP contribution in [0.15, 0.2) is 12.0 Å². The topological polar surface area (TPSA) is 70.1 Å². The fraction of sp³-hybridized carbons (Fsp3) is 0.250. The molecule has 0 heterocycles. The monoisotopic (exact) mass is 100 g/mol. The second kappa shape index (κ2) is 2.23. The molecule has 0 amide bonds. The SMILES string of the molecule is CC(=N)/C=C(/N)O.